The molecule has 0 aliphatic carbocycles. The molecule has 0 radical (unpaired) electrons. The van der Waals surface area contributed by atoms with Crippen molar-refractivity contribution in [3.05, 3.63) is 28.2 Å². The van der Waals surface area contributed by atoms with Gasteiger partial charge in [-0.25, -0.2) is 4.79 Å². The Morgan fingerprint density at radius 1 is 1.47 bits per heavy atom. The van der Waals surface area contributed by atoms with Gasteiger partial charge in [0.25, 0.3) is 0 Å². The monoisotopic (exact) mass is 274 g/mol. The molecule has 0 aromatic heterocycles. The maximum Gasteiger partial charge on any atom is 0.321 e. The largest absolute Gasteiger partial charge is 0.325 e. The average Bonchev–Trinajstić information content (AvgIpc) is 2.31. The van der Waals surface area contributed by atoms with E-state index in [1.807, 2.05) is 13.8 Å². The van der Waals surface area contributed by atoms with Gasteiger partial charge in [-0.2, -0.15) is 0 Å². The topological polar surface area (TPSA) is 32.3 Å². The number of amides is 2. The van der Waals surface area contributed by atoms with Crippen LogP contribution >= 0.6 is 23.2 Å². The Bertz CT molecular complexity index is 409. The van der Waals surface area contributed by atoms with Crippen molar-refractivity contribution < 1.29 is 4.79 Å². The van der Waals surface area contributed by atoms with E-state index in [1.54, 1.807) is 30.1 Å². The highest BCUT2D eigenvalue weighted by Gasteiger charge is 2.15. The van der Waals surface area contributed by atoms with E-state index in [-0.39, 0.29) is 12.1 Å². The lowest BCUT2D eigenvalue weighted by Crippen LogP contribution is -2.37. The van der Waals surface area contributed by atoms with Crippen LogP contribution in [0, 0.1) is 0 Å². The molecule has 0 bridgehead atoms. The summed E-state index contributed by atoms with van der Waals surface area (Å²) < 4.78 is 0. The lowest BCUT2D eigenvalue weighted by atomic mass is 10.2. The summed E-state index contributed by atoms with van der Waals surface area (Å²) in [5.41, 5.74) is 0.527. The van der Waals surface area contributed by atoms with Crippen molar-refractivity contribution in [2.24, 2.45) is 0 Å². The smallest absolute Gasteiger partial charge is 0.321 e. The first-order chi connectivity index (χ1) is 7.95. The molecule has 0 fully saturated rings. The number of hydrogen-bond acceptors (Lipinski definition) is 1. The summed E-state index contributed by atoms with van der Waals surface area (Å²) >= 11 is 11.8. The second kappa shape index (κ2) is 6.12. The van der Waals surface area contributed by atoms with Crippen molar-refractivity contribution in [2.45, 2.75) is 26.3 Å². The Kier molecular flexibility index (Phi) is 5.09. The minimum Gasteiger partial charge on any atom is -0.325 e. The van der Waals surface area contributed by atoms with Gasteiger partial charge in [0.15, 0.2) is 0 Å². The maximum absolute atomic E-state index is 11.9. The van der Waals surface area contributed by atoms with Crippen molar-refractivity contribution in [1.82, 2.24) is 4.90 Å². The van der Waals surface area contributed by atoms with E-state index >= 15 is 0 Å². The highest BCUT2D eigenvalue weighted by molar-refractivity contribution is 6.35. The van der Waals surface area contributed by atoms with Gasteiger partial charge in [0.05, 0.1) is 10.7 Å². The molecule has 2 amide bonds. The molecule has 1 atom stereocenters. The fourth-order valence-corrected chi connectivity index (χ4v) is 1.61. The minimum atomic E-state index is -0.191. The Balaban J connectivity index is 2.77. The van der Waals surface area contributed by atoms with Crippen molar-refractivity contribution >= 4 is 34.9 Å². The number of nitrogens with one attached hydrogen (secondary N) is 1. The van der Waals surface area contributed by atoms with E-state index in [0.29, 0.717) is 15.7 Å². The number of hydrogen-bond donors (Lipinski definition) is 1. The zero-order valence-electron chi connectivity index (χ0n) is 10.1. The summed E-state index contributed by atoms with van der Waals surface area (Å²) in [6.45, 7) is 4.01. The van der Waals surface area contributed by atoms with Crippen molar-refractivity contribution in [3.63, 3.8) is 0 Å². The third kappa shape index (κ3) is 3.79. The van der Waals surface area contributed by atoms with Gasteiger partial charge in [-0.3, -0.25) is 0 Å². The van der Waals surface area contributed by atoms with E-state index < -0.39 is 0 Å². The van der Waals surface area contributed by atoms with Crippen molar-refractivity contribution in [3.8, 4) is 0 Å². The highest BCUT2D eigenvalue weighted by atomic mass is 35.5. The first-order valence-electron chi connectivity index (χ1n) is 5.44. The molecule has 1 unspecified atom stereocenters. The van der Waals surface area contributed by atoms with E-state index in [1.165, 1.54) is 0 Å². The molecular weight excluding hydrogens is 259 g/mol. The van der Waals surface area contributed by atoms with E-state index in [9.17, 15) is 4.79 Å². The lowest BCUT2D eigenvalue weighted by Gasteiger charge is -2.24. The second-order valence-corrected chi connectivity index (χ2v) is 4.77. The highest BCUT2D eigenvalue weighted by Crippen LogP contribution is 2.25. The number of benzene rings is 1. The molecule has 1 aromatic carbocycles. The third-order valence-electron chi connectivity index (χ3n) is 2.74. The number of urea groups is 1. The second-order valence-electron chi connectivity index (χ2n) is 3.92. The number of anilines is 1. The first kappa shape index (κ1) is 14.1. The minimum absolute atomic E-state index is 0.174. The molecule has 0 saturated carbocycles. The summed E-state index contributed by atoms with van der Waals surface area (Å²) in [6.07, 6.45) is 0.896. The van der Waals surface area contributed by atoms with Crippen LogP contribution in [0.25, 0.3) is 0 Å². The summed E-state index contributed by atoms with van der Waals surface area (Å²) in [7, 11) is 1.75. The first-order valence-corrected chi connectivity index (χ1v) is 6.20. The van der Waals surface area contributed by atoms with Crippen LogP contribution in [0.1, 0.15) is 20.3 Å². The molecule has 5 heteroatoms. The Hall–Kier alpha value is -0.930. The van der Waals surface area contributed by atoms with Gasteiger partial charge in [-0.05, 0) is 31.5 Å². The molecule has 1 N–H and O–H groups in total. The van der Waals surface area contributed by atoms with E-state index in [2.05, 4.69) is 5.32 Å². The van der Waals surface area contributed by atoms with Crippen LogP contribution in [0.5, 0.6) is 0 Å². The summed E-state index contributed by atoms with van der Waals surface area (Å²) in [6, 6.07) is 4.95. The van der Waals surface area contributed by atoms with Crippen LogP contribution in [0.3, 0.4) is 0 Å². The number of halogens is 2. The van der Waals surface area contributed by atoms with Crippen molar-refractivity contribution in [2.75, 3.05) is 12.4 Å². The zero-order valence-corrected chi connectivity index (χ0v) is 11.6. The number of carbonyl (C=O) groups is 1. The molecule has 1 aromatic rings. The molecule has 94 valence electrons. The third-order valence-corrected chi connectivity index (χ3v) is 3.31. The molecule has 1 rings (SSSR count). The Morgan fingerprint density at radius 2 is 2.12 bits per heavy atom. The molecule has 0 aliphatic heterocycles. The summed E-state index contributed by atoms with van der Waals surface area (Å²) in [5.74, 6) is 0. The fourth-order valence-electron chi connectivity index (χ4n) is 1.27. The predicted octanol–water partition coefficient (Wildman–Crippen LogP) is 4.26. The number of carbonyl (C=O) groups excluding carboxylic acids is 1. The normalized spacial score (nSPS) is 12.1. The van der Waals surface area contributed by atoms with Crippen LogP contribution in [-0.4, -0.2) is 24.0 Å². The molecule has 3 nitrogen and oxygen atoms in total. The van der Waals surface area contributed by atoms with E-state index in [4.69, 9.17) is 23.2 Å². The Morgan fingerprint density at radius 3 is 2.71 bits per heavy atom. The van der Waals surface area contributed by atoms with Crippen LogP contribution in [0.15, 0.2) is 18.2 Å². The van der Waals surface area contributed by atoms with Gasteiger partial charge >= 0.3 is 6.03 Å². The standard InChI is InChI=1S/C12H16Cl2N2O/c1-4-8(2)16(3)12(17)15-11-7-9(13)5-6-10(11)14/h5-8H,4H2,1-3H3,(H,15,17). The molecular formula is C12H16Cl2N2O. The quantitative estimate of drug-likeness (QED) is 0.878. The lowest BCUT2D eigenvalue weighted by molar-refractivity contribution is 0.206. The van der Waals surface area contributed by atoms with E-state index in [0.717, 1.165) is 6.42 Å². The summed E-state index contributed by atoms with van der Waals surface area (Å²) in [5, 5.41) is 3.75. The van der Waals surface area contributed by atoms with Crippen LogP contribution in [0.2, 0.25) is 10.0 Å². The van der Waals surface area contributed by atoms with Gasteiger partial charge in [-0.1, -0.05) is 30.1 Å². The maximum atomic E-state index is 11.9. The molecule has 0 spiro atoms. The van der Waals surface area contributed by atoms with Crippen LogP contribution < -0.4 is 5.32 Å². The predicted molar refractivity (Wildman–Crippen MR) is 73.0 cm³/mol. The Labute approximate surface area is 112 Å². The van der Waals surface area contributed by atoms with Gasteiger partial charge in [0.1, 0.15) is 0 Å². The molecule has 17 heavy (non-hydrogen) atoms. The SMILES string of the molecule is CCC(C)N(C)C(=O)Nc1cc(Cl)ccc1Cl. The van der Waals surface area contributed by atoms with Gasteiger partial charge < -0.3 is 10.2 Å². The number of nitrogens with zero attached hydrogens (tertiary/aromatic N) is 1. The fraction of sp³-hybridized carbons (Fsp3) is 0.417. The van der Waals surface area contributed by atoms with Crippen LogP contribution in [0.4, 0.5) is 10.5 Å². The van der Waals surface area contributed by atoms with Crippen LogP contribution in [-0.2, 0) is 0 Å². The van der Waals surface area contributed by atoms with Gasteiger partial charge in [-0.15, -0.1) is 0 Å². The molecule has 0 saturated heterocycles. The summed E-state index contributed by atoms with van der Waals surface area (Å²) in [4.78, 5) is 13.5. The van der Waals surface area contributed by atoms with Crippen molar-refractivity contribution in [1.29, 1.82) is 0 Å². The molecule has 0 aliphatic rings. The average molecular weight is 275 g/mol. The van der Waals surface area contributed by atoms with Gasteiger partial charge in [0, 0.05) is 18.1 Å². The number of rotatable bonds is 3. The zero-order chi connectivity index (χ0) is 13.0. The van der Waals surface area contributed by atoms with Gasteiger partial charge in [0.2, 0.25) is 0 Å². The molecule has 0 heterocycles.